The van der Waals surface area contributed by atoms with E-state index in [-0.39, 0.29) is 24.6 Å². The van der Waals surface area contributed by atoms with E-state index >= 15 is 0 Å². The topological polar surface area (TPSA) is 67.9 Å². The van der Waals surface area contributed by atoms with Crippen molar-refractivity contribution in [3.63, 3.8) is 0 Å². The Hall–Kier alpha value is -4.13. The lowest BCUT2D eigenvalue weighted by molar-refractivity contribution is -0.137. The van der Waals surface area contributed by atoms with Crippen molar-refractivity contribution in [2.45, 2.75) is 13.5 Å². The first-order valence-electron chi connectivity index (χ1n) is 10.1. The highest BCUT2D eigenvalue weighted by Gasteiger charge is 2.39. The van der Waals surface area contributed by atoms with Gasteiger partial charge < -0.3 is 14.8 Å². The monoisotopic (exact) mass is 430 g/mol. The van der Waals surface area contributed by atoms with Gasteiger partial charge in [-0.05, 0) is 60.0 Å². The largest absolute Gasteiger partial charge is 0.454 e. The van der Waals surface area contributed by atoms with Gasteiger partial charge in [-0.3, -0.25) is 14.5 Å². The fourth-order valence-corrected chi connectivity index (χ4v) is 3.81. The molecule has 3 aromatic carbocycles. The maximum absolute atomic E-state index is 13.5. The minimum Gasteiger partial charge on any atom is -0.454 e. The van der Waals surface area contributed by atoms with E-state index < -0.39 is 17.6 Å². The second kappa shape index (κ2) is 7.85. The van der Waals surface area contributed by atoms with Crippen LogP contribution in [0.5, 0.6) is 11.5 Å². The average Bonchev–Trinajstić information content (AvgIpc) is 3.33. The summed E-state index contributed by atoms with van der Waals surface area (Å²) >= 11 is 0. The number of aryl methyl sites for hydroxylation is 1. The molecule has 0 bridgehead atoms. The predicted molar refractivity (Wildman–Crippen MR) is 116 cm³/mol. The maximum atomic E-state index is 13.5. The van der Waals surface area contributed by atoms with Gasteiger partial charge in [0.15, 0.2) is 11.5 Å². The van der Waals surface area contributed by atoms with Crippen molar-refractivity contribution in [2.24, 2.45) is 0 Å². The molecule has 0 spiro atoms. The summed E-state index contributed by atoms with van der Waals surface area (Å²) in [5.41, 5.74) is 3.25. The number of carbonyl (C=O) groups is 2. The molecule has 0 aromatic heterocycles. The molecular formula is C25H19FN2O4. The zero-order valence-electron chi connectivity index (χ0n) is 17.2. The molecule has 1 N–H and O–H groups in total. The summed E-state index contributed by atoms with van der Waals surface area (Å²) in [6, 6.07) is 18.3. The summed E-state index contributed by atoms with van der Waals surface area (Å²) in [5.74, 6) is -0.120. The number of anilines is 1. The molecule has 3 aromatic rings. The van der Waals surface area contributed by atoms with Crippen LogP contribution in [0.2, 0.25) is 0 Å². The molecule has 160 valence electrons. The molecule has 5 rings (SSSR count). The molecule has 2 aliphatic heterocycles. The third-order valence-electron chi connectivity index (χ3n) is 5.37. The van der Waals surface area contributed by atoms with Crippen LogP contribution in [0.4, 0.5) is 10.1 Å². The summed E-state index contributed by atoms with van der Waals surface area (Å²) < 4.78 is 24.2. The normalized spacial score (nSPS) is 15.0. The molecule has 6 nitrogen and oxygen atoms in total. The Kier molecular flexibility index (Phi) is 4.86. The molecule has 0 saturated heterocycles. The fourth-order valence-electron chi connectivity index (χ4n) is 3.81. The van der Waals surface area contributed by atoms with Crippen molar-refractivity contribution in [2.75, 3.05) is 12.1 Å². The van der Waals surface area contributed by atoms with Crippen LogP contribution >= 0.6 is 0 Å². The van der Waals surface area contributed by atoms with Gasteiger partial charge in [0.25, 0.3) is 11.8 Å². The van der Waals surface area contributed by atoms with E-state index in [1.54, 1.807) is 18.2 Å². The lowest BCUT2D eigenvalue weighted by Gasteiger charge is -2.16. The van der Waals surface area contributed by atoms with E-state index in [9.17, 15) is 14.0 Å². The van der Waals surface area contributed by atoms with E-state index in [0.717, 1.165) is 11.1 Å². The number of ether oxygens (including phenoxy) is 2. The lowest BCUT2D eigenvalue weighted by atomic mass is 10.0. The number of rotatable bonds is 5. The van der Waals surface area contributed by atoms with Crippen molar-refractivity contribution >= 4 is 23.1 Å². The van der Waals surface area contributed by atoms with Crippen molar-refractivity contribution in [3.8, 4) is 11.5 Å². The highest BCUT2D eigenvalue weighted by Crippen LogP contribution is 2.35. The number of carbonyl (C=O) groups excluding carboxylic acids is 2. The minimum absolute atomic E-state index is 0.0675. The standard InChI is InChI=1S/C25H19FN2O4/c1-15-3-2-4-19(11-15)27-23-22(17-6-8-18(26)9-7-17)24(29)28(25(23)30)13-16-5-10-20-21(12-16)32-14-31-20/h2-12,27H,13-14H2,1H3. The van der Waals surface area contributed by atoms with Gasteiger partial charge in [-0.2, -0.15) is 0 Å². The van der Waals surface area contributed by atoms with Gasteiger partial charge in [0.1, 0.15) is 11.5 Å². The van der Waals surface area contributed by atoms with E-state index in [1.165, 1.54) is 29.2 Å². The summed E-state index contributed by atoms with van der Waals surface area (Å²) in [4.78, 5) is 27.9. The molecular weight excluding hydrogens is 411 g/mol. The zero-order valence-corrected chi connectivity index (χ0v) is 17.2. The first-order valence-corrected chi connectivity index (χ1v) is 10.1. The van der Waals surface area contributed by atoms with Gasteiger partial charge >= 0.3 is 0 Å². The molecule has 0 unspecified atom stereocenters. The van der Waals surface area contributed by atoms with Gasteiger partial charge in [0, 0.05) is 5.69 Å². The van der Waals surface area contributed by atoms with Crippen LogP contribution in [0.3, 0.4) is 0 Å². The van der Waals surface area contributed by atoms with Gasteiger partial charge in [-0.15, -0.1) is 0 Å². The van der Waals surface area contributed by atoms with Crippen molar-refractivity contribution < 1.29 is 23.5 Å². The summed E-state index contributed by atoms with van der Waals surface area (Å²) in [5, 5.41) is 3.11. The minimum atomic E-state index is -0.450. The number of imide groups is 1. The van der Waals surface area contributed by atoms with Gasteiger partial charge in [-0.25, -0.2) is 4.39 Å². The van der Waals surface area contributed by atoms with E-state index in [0.29, 0.717) is 22.7 Å². The van der Waals surface area contributed by atoms with Crippen LogP contribution in [0.15, 0.2) is 72.4 Å². The molecule has 0 atom stereocenters. The fraction of sp³-hybridized carbons (Fsp3) is 0.120. The lowest BCUT2D eigenvalue weighted by Crippen LogP contribution is -2.32. The third kappa shape index (κ3) is 3.58. The number of nitrogens with zero attached hydrogens (tertiary/aromatic N) is 1. The Morgan fingerprint density at radius 2 is 1.72 bits per heavy atom. The number of benzene rings is 3. The van der Waals surface area contributed by atoms with Gasteiger partial charge in [0.05, 0.1) is 12.1 Å². The van der Waals surface area contributed by atoms with Crippen molar-refractivity contribution in [3.05, 3.63) is 94.9 Å². The van der Waals surface area contributed by atoms with Crippen LogP contribution in [-0.4, -0.2) is 23.5 Å². The smallest absolute Gasteiger partial charge is 0.278 e. The first-order chi connectivity index (χ1) is 15.5. The zero-order chi connectivity index (χ0) is 22.2. The number of nitrogens with one attached hydrogen (secondary N) is 1. The number of hydrogen-bond acceptors (Lipinski definition) is 5. The summed E-state index contributed by atoms with van der Waals surface area (Å²) in [6.07, 6.45) is 0. The Labute approximate surface area is 183 Å². The molecule has 0 fully saturated rings. The number of fused-ring (bicyclic) bond motifs is 1. The molecule has 7 heteroatoms. The molecule has 0 saturated carbocycles. The van der Waals surface area contributed by atoms with Crippen molar-refractivity contribution in [1.82, 2.24) is 4.90 Å². The van der Waals surface area contributed by atoms with Crippen LogP contribution in [0.1, 0.15) is 16.7 Å². The first kappa shape index (κ1) is 19.8. The highest BCUT2D eigenvalue weighted by molar-refractivity contribution is 6.36. The predicted octanol–water partition coefficient (Wildman–Crippen LogP) is 4.26. The number of halogens is 1. The van der Waals surface area contributed by atoms with Gasteiger partial charge in [-0.1, -0.05) is 30.3 Å². The Bertz CT molecular complexity index is 1270. The molecule has 2 aliphatic rings. The second-order valence-corrected chi connectivity index (χ2v) is 7.64. The third-order valence-corrected chi connectivity index (χ3v) is 5.37. The average molecular weight is 430 g/mol. The molecule has 2 heterocycles. The van der Waals surface area contributed by atoms with E-state index in [2.05, 4.69) is 5.32 Å². The van der Waals surface area contributed by atoms with Crippen LogP contribution < -0.4 is 14.8 Å². The van der Waals surface area contributed by atoms with Crippen molar-refractivity contribution in [1.29, 1.82) is 0 Å². The Morgan fingerprint density at radius 1 is 0.938 bits per heavy atom. The number of hydrogen-bond donors (Lipinski definition) is 1. The van der Waals surface area contributed by atoms with Crippen LogP contribution in [0, 0.1) is 12.7 Å². The molecule has 2 amide bonds. The van der Waals surface area contributed by atoms with E-state index in [1.807, 2.05) is 31.2 Å². The molecule has 0 radical (unpaired) electrons. The second-order valence-electron chi connectivity index (χ2n) is 7.64. The summed E-state index contributed by atoms with van der Waals surface area (Å²) in [7, 11) is 0. The van der Waals surface area contributed by atoms with Gasteiger partial charge in [0.2, 0.25) is 6.79 Å². The molecule has 32 heavy (non-hydrogen) atoms. The van der Waals surface area contributed by atoms with Crippen LogP contribution in [0.25, 0.3) is 5.57 Å². The summed E-state index contributed by atoms with van der Waals surface area (Å²) in [6.45, 7) is 2.15. The Balaban J connectivity index is 1.51. The maximum Gasteiger partial charge on any atom is 0.278 e. The molecule has 0 aliphatic carbocycles. The quantitative estimate of drug-likeness (QED) is 0.613. The Morgan fingerprint density at radius 3 is 2.50 bits per heavy atom. The SMILES string of the molecule is Cc1cccc(NC2=C(c3ccc(F)cc3)C(=O)N(Cc3ccc4c(c3)OCO4)C2=O)c1. The van der Waals surface area contributed by atoms with Crippen LogP contribution in [-0.2, 0) is 16.1 Å². The van der Waals surface area contributed by atoms with E-state index in [4.69, 9.17) is 9.47 Å². The number of amides is 2. The highest BCUT2D eigenvalue weighted by atomic mass is 19.1.